The van der Waals surface area contributed by atoms with Crippen LogP contribution in [0.3, 0.4) is 0 Å². The summed E-state index contributed by atoms with van der Waals surface area (Å²) in [4.78, 5) is 2.56. The van der Waals surface area contributed by atoms with Crippen LogP contribution in [-0.2, 0) is 4.74 Å². The molecule has 1 aliphatic carbocycles. The zero-order valence-electron chi connectivity index (χ0n) is 12.5. The Morgan fingerprint density at radius 1 is 1.33 bits per heavy atom. The van der Waals surface area contributed by atoms with E-state index in [0.717, 1.165) is 26.2 Å². The maximum absolute atomic E-state index is 6.20. The van der Waals surface area contributed by atoms with Gasteiger partial charge in [-0.3, -0.25) is 4.90 Å². The van der Waals surface area contributed by atoms with Crippen LogP contribution >= 0.6 is 0 Å². The van der Waals surface area contributed by atoms with Crippen LogP contribution in [0.2, 0.25) is 0 Å². The van der Waals surface area contributed by atoms with Crippen molar-refractivity contribution in [2.45, 2.75) is 58.0 Å². The quantitative estimate of drug-likeness (QED) is 0.839. The molecule has 0 amide bonds. The number of hydrogen-bond donors (Lipinski definition) is 1. The predicted octanol–water partition coefficient (Wildman–Crippen LogP) is 2.25. The largest absolute Gasteiger partial charge is 0.380 e. The van der Waals surface area contributed by atoms with Gasteiger partial charge in [-0.05, 0) is 44.1 Å². The van der Waals surface area contributed by atoms with Gasteiger partial charge in [-0.2, -0.15) is 0 Å². The van der Waals surface area contributed by atoms with E-state index in [1.807, 2.05) is 0 Å². The van der Waals surface area contributed by atoms with Crippen molar-refractivity contribution in [2.75, 3.05) is 26.8 Å². The van der Waals surface area contributed by atoms with Crippen molar-refractivity contribution in [1.29, 1.82) is 0 Å². The molecule has 0 spiro atoms. The molecule has 2 aliphatic rings. The SMILES string of the molecule is CC1CC(C)(C)CCC1(CN)N(C)C1CCOC1. The summed E-state index contributed by atoms with van der Waals surface area (Å²) in [7, 11) is 2.26. The molecule has 0 aromatic carbocycles. The molecule has 2 fully saturated rings. The molecule has 3 unspecified atom stereocenters. The van der Waals surface area contributed by atoms with Crippen LogP contribution in [-0.4, -0.2) is 43.3 Å². The van der Waals surface area contributed by atoms with Crippen LogP contribution in [0.15, 0.2) is 0 Å². The van der Waals surface area contributed by atoms with Crippen molar-refractivity contribution >= 4 is 0 Å². The van der Waals surface area contributed by atoms with E-state index in [0.29, 0.717) is 17.4 Å². The molecular formula is C15H30N2O. The minimum atomic E-state index is 0.188. The molecule has 106 valence electrons. The molecule has 0 bridgehead atoms. The number of likely N-dealkylation sites (N-methyl/N-ethyl adjacent to an activating group) is 1. The molecule has 1 saturated heterocycles. The van der Waals surface area contributed by atoms with Gasteiger partial charge in [-0.25, -0.2) is 0 Å². The first kappa shape index (κ1) is 14.3. The Bertz CT molecular complexity index is 286. The molecule has 3 nitrogen and oxygen atoms in total. The third-order valence-corrected chi connectivity index (χ3v) is 5.52. The van der Waals surface area contributed by atoms with Crippen LogP contribution in [0, 0.1) is 11.3 Å². The molecule has 18 heavy (non-hydrogen) atoms. The second-order valence-electron chi connectivity index (χ2n) is 7.21. The average Bonchev–Trinajstić information content (AvgIpc) is 2.81. The third kappa shape index (κ3) is 2.45. The van der Waals surface area contributed by atoms with Gasteiger partial charge in [0, 0.05) is 24.7 Å². The molecule has 3 atom stereocenters. The Balaban J connectivity index is 2.14. The topological polar surface area (TPSA) is 38.5 Å². The average molecular weight is 254 g/mol. The fourth-order valence-corrected chi connectivity index (χ4v) is 4.08. The van der Waals surface area contributed by atoms with Crippen LogP contribution in [0.25, 0.3) is 0 Å². The van der Waals surface area contributed by atoms with Gasteiger partial charge in [0.1, 0.15) is 0 Å². The summed E-state index contributed by atoms with van der Waals surface area (Å²) in [6.07, 6.45) is 4.95. The fourth-order valence-electron chi connectivity index (χ4n) is 4.08. The Morgan fingerprint density at radius 2 is 2.06 bits per heavy atom. The van der Waals surface area contributed by atoms with Crippen molar-refractivity contribution in [1.82, 2.24) is 4.90 Å². The van der Waals surface area contributed by atoms with Crippen molar-refractivity contribution < 1.29 is 4.74 Å². The van der Waals surface area contributed by atoms with E-state index in [1.165, 1.54) is 19.3 Å². The number of rotatable bonds is 3. The molecule has 1 aliphatic heterocycles. The van der Waals surface area contributed by atoms with Crippen LogP contribution in [0.4, 0.5) is 0 Å². The number of nitrogens with zero attached hydrogens (tertiary/aromatic N) is 1. The van der Waals surface area contributed by atoms with Gasteiger partial charge in [-0.1, -0.05) is 20.8 Å². The van der Waals surface area contributed by atoms with E-state index in [9.17, 15) is 0 Å². The minimum absolute atomic E-state index is 0.188. The van der Waals surface area contributed by atoms with Gasteiger partial charge in [0.2, 0.25) is 0 Å². The second-order valence-corrected chi connectivity index (χ2v) is 7.21. The van der Waals surface area contributed by atoms with Crippen molar-refractivity contribution in [2.24, 2.45) is 17.1 Å². The lowest BCUT2D eigenvalue weighted by Crippen LogP contribution is -2.62. The van der Waals surface area contributed by atoms with Gasteiger partial charge in [0.05, 0.1) is 6.61 Å². The molecule has 1 saturated carbocycles. The summed E-state index contributed by atoms with van der Waals surface area (Å²) in [5.41, 5.74) is 6.87. The first-order valence-corrected chi connectivity index (χ1v) is 7.42. The summed E-state index contributed by atoms with van der Waals surface area (Å²) in [5, 5.41) is 0. The maximum Gasteiger partial charge on any atom is 0.0622 e. The van der Waals surface area contributed by atoms with E-state index in [-0.39, 0.29) is 5.54 Å². The molecule has 2 N–H and O–H groups in total. The Morgan fingerprint density at radius 3 is 2.56 bits per heavy atom. The zero-order chi connectivity index (χ0) is 13.4. The highest BCUT2D eigenvalue weighted by Gasteiger charge is 2.47. The Labute approximate surface area is 112 Å². The number of nitrogens with two attached hydrogens (primary N) is 1. The summed E-state index contributed by atoms with van der Waals surface area (Å²) < 4.78 is 5.55. The number of hydrogen-bond acceptors (Lipinski definition) is 3. The van der Waals surface area contributed by atoms with Crippen LogP contribution in [0.5, 0.6) is 0 Å². The van der Waals surface area contributed by atoms with Gasteiger partial charge < -0.3 is 10.5 Å². The van der Waals surface area contributed by atoms with Crippen molar-refractivity contribution in [3.8, 4) is 0 Å². The van der Waals surface area contributed by atoms with Gasteiger partial charge in [-0.15, -0.1) is 0 Å². The first-order valence-electron chi connectivity index (χ1n) is 7.42. The highest BCUT2D eigenvalue weighted by molar-refractivity contribution is 5.03. The van der Waals surface area contributed by atoms with Gasteiger partial charge >= 0.3 is 0 Å². The molecule has 1 heterocycles. The maximum atomic E-state index is 6.20. The normalized spacial score (nSPS) is 40.3. The first-order chi connectivity index (χ1) is 8.41. The summed E-state index contributed by atoms with van der Waals surface area (Å²) in [5.74, 6) is 0.664. The van der Waals surface area contributed by atoms with E-state index in [4.69, 9.17) is 10.5 Å². The zero-order valence-corrected chi connectivity index (χ0v) is 12.5. The third-order valence-electron chi connectivity index (χ3n) is 5.52. The fraction of sp³-hybridized carbons (Fsp3) is 1.00. The van der Waals surface area contributed by atoms with Gasteiger partial charge in [0.15, 0.2) is 0 Å². The standard InChI is InChI=1S/C15H30N2O/c1-12-9-14(2,3)6-7-15(12,11-16)17(4)13-5-8-18-10-13/h12-13H,5-11,16H2,1-4H3. The van der Waals surface area contributed by atoms with E-state index in [2.05, 4.69) is 32.7 Å². The molecule has 2 rings (SSSR count). The smallest absolute Gasteiger partial charge is 0.0622 e. The van der Waals surface area contributed by atoms with Crippen LogP contribution in [0.1, 0.15) is 46.5 Å². The van der Waals surface area contributed by atoms with Gasteiger partial charge in [0.25, 0.3) is 0 Å². The highest BCUT2D eigenvalue weighted by atomic mass is 16.5. The molecular weight excluding hydrogens is 224 g/mol. The summed E-state index contributed by atoms with van der Waals surface area (Å²) in [6.45, 7) is 9.74. The molecule has 0 radical (unpaired) electrons. The molecule has 3 heteroatoms. The lowest BCUT2D eigenvalue weighted by Gasteiger charge is -2.54. The lowest BCUT2D eigenvalue weighted by molar-refractivity contribution is -0.0316. The van der Waals surface area contributed by atoms with E-state index in [1.54, 1.807) is 0 Å². The lowest BCUT2D eigenvalue weighted by atomic mass is 9.63. The minimum Gasteiger partial charge on any atom is -0.380 e. The summed E-state index contributed by atoms with van der Waals surface area (Å²) in [6, 6.07) is 0.567. The highest BCUT2D eigenvalue weighted by Crippen LogP contribution is 2.46. The Kier molecular flexibility index (Phi) is 4.05. The van der Waals surface area contributed by atoms with Crippen molar-refractivity contribution in [3.05, 3.63) is 0 Å². The summed E-state index contributed by atoms with van der Waals surface area (Å²) >= 11 is 0. The monoisotopic (exact) mass is 254 g/mol. The Hall–Kier alpha value is -0.120. The predicted molar refractivity (Wildman–Crippen MR) is 75.6 cm³/mol. The van der Waals surface area contributed by atoms with Crippen LogP contribution < -0.4 is 5.73 Å². The number of ether oxygens (including phenoxy) is 1. The van der Waals surface area contributed by atoms with E-state index >= 15 is 0 Å². The second kappa shape index (κ2) is 5.10. The molecule has 0 aromatic rings. The van der Waals surface area contributed by atoms with E-state index < -0.39 is 0 Å². The molecule has 0 aromatic heterocycles. The van der Waals surface area contributed by atoms with Crippen molar-refractivity contribution in [3.63, 3.8) is 0 Å².